The molecule has 0 aromatic heterocycles. The first-order valence-corrected chi connectivity index (χ1v) is 9.94. The van der Waals surface area contributed by atoms with Gasteiger partial charge in [0.15, 0.2) is 0 Å². The molecule has 0 unspecified atom stereocenters. The zero-order valence-corrected chi connectivity index (χ0v) is 15.3. The summed E-state index contributed by atoms with van der Waals surface area (Å²) in [6, 6.07) is 0. The lowest BCUT2D eigenvalue weighted by Gasteiger charge is -2.39. The molecule has 0 aromatic carbocycles. The van der Waals surface area contributed by atoms with E-state index in [-0.39, 0.29) is 23.7 Å². The molecule has 0 bridgehead atoms. The van der Waals surface area contributed by atoms with Gasteiger partial charge in [0.2, 0.25) is 11.8 Å². The fourth-order valence-corrected chi connectivity index (χ4v) is 4.54. The van der Waals surface area contributed by atoms with Crippen LogP contribution in [0.1, 0.15) is 44.9 Å². The third kappa shape index (κ3) is 4.36. The van der Waals surface area contributed by atoms with Gasteiger partial charge in [0.25, 0.3) is 0 Å². The molecule has 2 heterocycles. The van der Waals surface area contributed by atoms with E-state index in [1.807, 2.05) is 9.80 Å². The molecular formula is C20H31N3O2. The molecule has 3 aliphatic rings. The van der Waals surface area contributed by atoms with Crippen LogP contribution in [0, 0.1) is 24.2 Å². The number of hydrogen-bond donors (Lipinski definition) is 0. The molecule has 1 aliphatic carbocycles. The average Bonchev–Trinajstić information content (AvgIpc) is 3.20. The fourth-order valence-electron chi connectivity index (χ4n) is 4.54. The zero-order valence-electron chi connectivity index (χ0n) is 15.3. The van der Waals surface area contributed by atoms with E-state index in [4.69, 9.17) is 6.42 Å². The first-order valence-electron chi connectivity index (χ1n) is 9.94. The van der Waals surface area contributed by atoms with E-state index < -0.39 is 0 Å². The summed E-state index contributed by atoms with van der Waals surface area (Å²) in [5.41, 5.74) is 0. The van der Waals surface area contributed by atoms with Crippen LogP contribution in [0.25, 0.3) is 0 Å². The Labute approximate surface area is 151 Å². The minimum atomic E-state index is -0.0980. The van der Waals surface area contributed by atoms with Gasteiger partial charge in [0.1, 0.15) is 0 Å². The van der Waals surface area contributed by atoms with Gasteiger partial charge < -0.3 is 9.80 Å². The van der Waals surface area contributed by atoms with E-state index in [0.29, 0.717) is 0 Å². The highest BCUT2D eigenvalue weighted by molar-refractivity contribution is 5.88. The molecule has 2 atom stereocenters. The van der Waals surface area contributed by atoms with Crippen LogP contribution in [0.4, 0.5) is 0 Å². The third-order valence-corrected chi connectivity index (χ3v) is 6.07. The van der Waals surface area contributed by atoms with Gasteiger partial charge in [-0.3, -0.25) is 14.5 Å². The Bertz CT molecular complexity index is 514. The highest BCUT2D eigenvalue weighted by Crippen LogP contribution is 2.34. The van der Waals surface area contributed by atoms with E-state index in [1.54, 1.807) is 0 Å². The van der Waals surface area contributed by atoms with Gasteiger partial charge in [-0.15, -0.1) is 12.3 Å². The summed E-state index contributed by atoms with van der Waals surface area (Å²) in [4.78, 5) is 32.3. The molecule has 5 heteroatoms. The van der Waals surface area contributed by atoms with Gasteiger partial charge in [-0.1, -0.05) is 12.8 Å². The van der Waals surface area contributed by atoms with Gasteiger partial charge in [0.05, 0.1) is 0 Å². The third-order valence-electron chi connectivity index (χ3n) is 6.07. The number of carbonyl (C=O) groups is 2. The SMILES string of the molecule is C#CCCN1CCN(C(=O)[C@@H]2CCCC[C@@H]2C(=O)N2CCCC2)CC1. The Morgan fingerprint density at radius 3 is 1.84 bits per heavy atom. The molecule has 2 aliphatic heterocycles. The second-order valence-electron chi connectivity index (χ2n) is 7.65. The molecule has 138 valence electrons. The van der Waals surface area contributed by atoms with E-state index in [2.05, 4.69) is 10.8 Å². The normalized spacial score (nSPS) is 28.0. The molecule has 0 radical (unpaired) electrons. The van der Waals surface area contributed by atoms with Crippen molar-refractivity contribution >= 4 is 11.8 Å². The molecular weight excluding hydrogens is 314 g/mol. The molecule has 3 fully saturated rings. The van der Waals surface area contributed by atoms with Crippen LogP contribution in [0.3, 0.4) is 0 Å². The first kappa shape index (κ1) is 18.3. The quantitative estimate of drug-likeness (QED) is 0.727. The first-order chi connectivity index (χ1) is 12.2. The van der Waals surface area contributed by atoms with Crippen molar-refractivity contribution in [2.45, 2.75) is 44.9 Å². The van der Waals surface area contributed by atoms with Gasteiger partial charge in [0, 0.05) is 64.1 Å². The second-order valence-corrected chi connectivity index (χ2v) is 7.65. The van der Waals surface area contributed by atoms with E-state index in [9.17, 15) is 9.59 Å². The highest BCUT2D eigenvalue weighted by Gasteiger charge is 2.40. The van der Waals surface area contributed by atoms with E-state index >= 15 is 0 Å². The van der Waals surface area contributed by atoms with E-state index in [1.165, 1.54) is 0 Å². The molecule has 0 aromatic rings. The Kier molecular flexibility index (Phi) is 6.36. The molecule has 2 amide bonds. The summed E-state index contributed by atoms with van der Waals surface area (Å²) < 4.78 is 0. The molecule has 3 rings (SSSR count). The van der Waals surface area contributed by atoms with Gasteiger partial charge in [-0.25, -0.2) is 0 Å². The minimum absolute atomic E-state index is 0.0844. The van der Waals surface area contributed by atoms with Crippen molar-refractivity contribution in [3.05, 3.63) is 0 Å². The van der Waals surface area contributed by atoms with Crippen LogP contribution in [-0.4, -0.2) is 72.3 Å². The van der Waals surface area contributed by atoms with Crippen molar-refractivity contribution in [2.24, 2.45) is 11.8 Å². The summed E-state index contributed by atoms with van der Waals surface area (Å²) in [6.45, 7) is 6.00. The van der Waals surface area contributed by atoms with E-state index in [0.717, 1.165) is 90.8 Å². The number of nitrogens with zero attached hydrogens (tertiary/aromatic N) is 3. The number of terminal acetylenes is 1. The molecule has 0 spiro atoms. The summed E-state index contributed by atoms with van der Waals surface area (Å²) in [6.07, 6.45) is 12.2. The average molecular weight is 345 g/mol. The number of amides is 2. The highest BCUT2D eigenvalue weighted by atomic mass is 16.2. The number of rotatable bonds is 4. The van der Waals surface area contributed by atoms with Gasteiger partial charge >= 0.3 is 0 Å². The predicted octanol–water partition coefficient (Wildman–Crippen LogP) is 1.58. The fraction of sp³-hybridized carbons (Fsp3) is 0.800. The summed E-state index contributed by atoms with van der Waals surface area (Å²) >= 11 is 0. The minimum Gasteiger partial charge on any atom is -0.342 e. The van der Waals surface area contributed by atoms with Crippen LogP contribution in [0.5, 0.6) is 0 Å². The maximum absolute atomic E-state index is 13.1. The van der Waals surface area contributed by atoms with Crippen LogP contribution < -0.4 is 0 Å². The van der Waals surface area contributed by atoms with Crippen molar-refractivity contribution < 1.29 is 9.59 Å². The molecule has 5 nitrogen and oxygen atoms in total. The Morgan fingerprint density at radius 1 is 0.800 bits per heavy atom. The van der Waals surface area contributed by atoms with Crippen LogP contribution in [-0.2, 0) is 9.59 Å². The van der Waals surface area contributed by atoms with Crippen molar-refractivity contribution in [3.63, 3.8) is 0 Å². The largest absolute Gasteiger partial charge is 0.342 e. The summed E-state index contributed by atoms with van der Waals surface area (Å²) in [5.74, 6) is 2.95. The maximum atomic E-state index is 13.1. The van der Waals surface area contributed by atoms with Gasteiger partial charge in [-0.05, 0) is 25.7 Å². The summed E-state index contributed by atoms with van der Waals surface area (Å²) in [7, 11) is 0. The second kappa shape index (κ2) is 8.71. The number of hydrogen-bond acceptors (Lipinski definition) is 3. The van der Waals surface area contributed by atoms with Crippen molar-refractivity contribution in [1.29, 1.82) is 0 Å². The lowest BCUT2D eigenvalue weighted by atomic mass is 9.77. The molecule has 25 heavy (non-hydrogen) atoms. The lowest BCUT2D eigenvalue weighted by molar-refractivity contribution is -0.148. The van der Waals surface area contributed by atoms with Gasteiger partial charge in [-0.2, -0.15) is 0 Å². The topological polar surface area (TPSA) is 43.9 Å². The smallest absolute Gasteiger partial charge is 0.226 e. The number of carbonyl (C=O) groups excluding carboxylic acids is 2. The predicted molar refractivity (Wildman–Crippen MR) is 97.7 cm³/mol. The summed E-state index contributed by atoms with van der Waals surface area (Å²) in [5, 5.41) is 0. The Balaban J connectivity index is 1.57. The van der Waals surface area contributed by atoms with Crippen molar-refractivity contribution in [1.82, 2.24) is 14.7 Å². The standard InChI is InChI=1S/C20H31N3O2/c1-2-3-10-21-13-15-23(16-14-21)20(25)18-9-5-4-8-17(18)19(24)22-11-6-7-12-22/h1,17-18H,3-16H2/t17-,18+/m0/s1. The lowest BCUT2D eigenvalue weighted by Crippen LogP contribution is -2.53. The molecule has 1 saturated carbocycles. The van der Waals surface area contributed by atoms with Crippen molar-refractivity contribution in [3.8, 4) is 12.3 Å². The number of piperazine rings is 1. The maximum Gasteiger partial charge on any atom is 0.226 e. The monoisotopic (exact) mass is 345 g/mol. The molecule has 0 N–H and O–H groups in total. The number of likely N-dealkylation sites (tertiary alicyclic amines) is 1. The Hall–Kier alpha value is -1.54. The molecule has 2 saturated heterocycles. The van der Waals surface area contributed by atoms with Crippen LogP contribution >= 0.6 is 0 Å². The zero-order chi connectivity index (χ0) is 17.6. The van der Waals surface area contributed by atoms with Crippen LogP contribution in [0.15, 0.2) is 0 Å². The Morgan fingerprint density at radius 2 is 1.32 bits per heavy atom. The van der Waals surface area contributed by atoms with Crippen molar-refractivity contribution in [2.75, 3.05) is 45.8 Å². The van der Waals surface area contributed by atoms with Crippen LogP contribution in [0.2, 0.25) is 0 Å².